The van der Waals surface area contributed by atoms with Crippen molar-refractivity contribution in [3.8, 4) is 11.5 Å². The molecule has 0 amide bonds. The van der Waals surface area contributed by atoms with E-state index in [1.54, 1.807) is 7.11 Å². The van der Waals surface area contributed by atoms with Crippen LogP contribution in [0.1, 0.15) is 23.5 Å². The highest BCUT2D eigenvalue weighted by Crippen LogP contribution is 2.49. The largest absolute Gasteiger partial charge is 0.493 e. The number of ether oxygens (including phenoxy) is 2. The Morgan fingerprint density at radius 3 is 3.00 bits per heavy atom. The zero-order valence-corrected chi connectivity index (χ0v) is 13.2. The van der Waals surface area contributed by atoms with Crippen LogP contribution in [0.4, 0.5) is 0 Å². The van der Waals surface area contributed by atoms with Gasteiger partial charge in [-0.05, 0) is 18.7 Å². The molecule has 0 fully saturated rings. The minimum atomic E-state index is -0.423. The van der Waals surface area contributed by atoms with E-state index in [1.165, 1.54) is 11.1 Å². The summed E-state index contributed by atoms with van der Waals surface area (Å²) in [5, 5.41) is 9.83. The zero-order chi connectivity index (χ0) is 15.7. The first-order valence-corrected chi connectivity index (χ1v) is 7.66. The van der Waals surface area contributed by atoms with Crippen molar-refractivity contribution in [1.82, 2.24) is 4.90 Å². The highest BCUT2D eigenvalue weighted by Gasteiger charge is 2.39. The van der Waals surface area contributed by atoms with Gasteiger partial charge in [0.25, 0.3) is 0 Å². The third kappa shape index (κ3) is 2.64. The number of rotatable bonds is 5. The van der Waals surface area contributed by atoms with Crippen molar-refractivity contribution >= 4 is 0 Å². The molecular formula is C18H23NO3. The summed E-state index contributed by atoms with van der Waals surface area (Å²) < 4.78 is 11.6. The Bertz CT molecular complexity index is 596. The Labute approximate surface area is 131 Å². The zero-order valence-electron chi connectivity index (χ0n) is 13.2. The van der Waals surface area contributed by atoms with Crippen molar-refractivity contribution in [2.45, 2.75) is 31.1 Å². The molecule has 3 rings (SSSR count). The topological polar surface area (TPSA) is 41.9 Å². The van der Waals surface area contributed by atoms with Crippen molar-refractivity contribution in [3.63, 3.8) is 0 Å². The van der Waals surface area contributed by atoms with Gasteiger partial charge in [0.15, 0.2) is 11.5 Å². The maximum absolute atomic E-state index is 9.83. The van der Waals surface area contributed by atoms with E-state index in [9.17, 15) is 5.11 Å². The second-order valence-corrected chi connectivity index (χ2v) is 6.03. The summed E-state index contributed by atoms with van der Waals surface area (Å²) in [6, 6.07) is 4.08. The summed E-state index contributed by atoms with van der Waals surface area (Å²) in [7, 11) is 3.74. The van der Waals surface area contributed by atoms with Crippen LogP contribution in [-0.2, 0) is 6.54 Å². The smallest absolute Gasteiger partial charge is 0.165 e. The molecule has 2 aliphatic rings. The number of benzene rings is 1. The van der Waals surface area contributed by atoms with Crippen LogP contribution in [0.25, 0.3) is 0 Å². The first kappa shape index (κ1) is 15.1. The van der Waals surface area contributed by atoms with Gasteiger partial charge in [0, 0.05) is 31.0 Å². The fourth-order valence-electron chi connectivity index (χ4n) is 3.37. The summed E-state index contributed by atoms with van der Waals surface area (Å²) >= 11 is 0. The summed E-state index contributed by atoms with van der Waals surface area (Å²) in [6.07, 6.45) is 6.04. The van der Waals surface area contributed by atoms with Crippen LogP contribution in [0, 0.1) is 0 Å². The molecule has 0 bridgehead atoms. The van der Waals surface area contributed by atoms with Gasteiger partial charge in [0.2, 0.25) is 0 Å². The lowest BCUT2D eigenvalue weighted by atomic mass is 9.85. The van der Waals surface area contributed by atoms with Gasteiger partial charge >= 0.3 is 0 Å². The maximum atomic E-state index is 9.83. The third-order valence-corrected chi connectivity index (χ3v) is 4.37. The predicted molar refractivity (Wildman–Crippen MR) is 86.4 cm³/mol. The van der Waals surface area contributed by atoms with E-state index < -0.39 is 6.10 Å². The fraction of sp³-hybridized carbons (Fsp3) is 0.444. The molecule has 1 aliphatic heterocycles. The Morgan fingerprint density at radius 2 is 2.27 bits per heavy atom. The number of hydrogen-bond acceptors (Lipinski definition) is 4. The molecule has 0 radical (unpaired) electrons. The Morgan fingerprint density at radius 1 is 1.45 bits per heavy atom. The van der Waals surface area contributed by atoms with E-state index >= 15 is 0 Å². The molecule has 0 saturated carbocycles. The van der Waals surface area contributed by atoms with Gasteiger partial charge in [-0.3, -0.25) is 4.90 Å². The molecule has 4 nitrogen and oxygen atoms in total. The molecular weight excluding hydrogens is 278 g/mol. The summed E-state index contributed by atoms with van der Waals surface area (Å²) in [6.45, 7) is 5.46. The molecule has 1 heterocycles. The number of methoxy groups -OCH3 is 1. The van der Waals surface area contributed by atoms with Crippen LogP contribution < -0.4 is 9.47 Å². The molecule has 0 spiro atoms. The van der Waals surface area contributed by atoms with Crippen molar-refractivity contribution in [1.29, 1.82) is 0 Å². The third-order valence-electron chi connectivity index (χ3n) is 4.37. The second-order valence-electron chi connectivity index (χ2n) is 6.03. The van der Waals surface area contributed by atoms with E-state index in [-0.39, 0.29) is 12.0 Å². The normalized spacial score (nSPS) is 25.5. The average molecular weight is 301 g/mol. The maximum Gasteiger partial charge on any atom is 0.165 e. The highest BCUT2D eigenvalue weighted by molar-refractivity contribution is 5.57. The van der Waals surface area contributed by atoms with Gasteiger partial charge < -0.3 is 14.6 Å². The van der Waals surface area contributed by atoms with Crippen LogP contribution in [0.5, 0.6) is 11.5 Å². The molecule has 1 N–H and O–H groups in total. The van der Waals surface area contributed by atoms with Crippen LogP contribution in [0.3, 0.4) is 0 Å². The molecule has 0 saturated heterocycles. The monoisotopic (exact) mass is 301 g/mol. The van der Waals surface area contributed by atoms with Crippen molar-refractivity contribution in [2.24, 2.45) is 0 Å². The van der Waals surface area contributed by atoms with E-state index in [4.69, 9.17) is 9.47 Å². The Hall–Kier alpha value is -1.78. The quantitative estimate of drug-likeness (QED) is 0.849. The lowest BCUT2D eigenvalue weighted by molar-refractivity contribution is 0.117. The Balaban J connectivity index is 1.99. The van der Waals surface area contributed by atoms with Gasteiger partial charge in [-0.15, -0.1) is 6.58 Å². The van der Waals surface area contributed by atoms with Crippen molar-refractivity contribution in [2.75, 3.05) is 20.7 Å². The van der Waals surface area contributed by atoms with Gasteiger partial charge in [0.1, 0.15) is 6.10 Å². The fourth-order valence-corrected chi connectivity index (χ4v) is 3.37. The van der Waals surface area contributed by atoms with E-state index in [0.717, 1.165) is 24.6 Å². The van der Waals surface area contributed by atoms with Gasteiger partial charge in [0.05, 0.1) is 13.2 Å². The van der Waals surface area contributed by atoms with Crippen LogP contribution >= 0.6 is 0 Å². The van der Waals surface area contributed by atoms with Crippen molar-refractivity contribution in [3.05, 3.63) is 48.1 Å². The minimum absolute atomic E-state index is 0.00485. The number of aliphatic hydroxyl groups is 1. The summed E-state index contributed by atoms with van der Waals surface area (Å²) in [5.41, 5.74) is 2.44. The van der Waals surface area contributed by atoms with Gasteiger partial charge in [-0.25, -0.2) is 0 Å². The molecule has 1 aromatic carbocycles. The predicted octanol–water partition coefficient (Wildman–Crippen LogP) is 2.48. The Kier molecular flexibility index (Phi) is 4.23. The standard InChI is InChI=1S/C18H23NO3/c1-4-9-19(2)11-12-5-8-15(21-3)18-17(12)14-7-6-13(20)10-16(14)22-18/h4-8,13-14,16,20H,1,9-11H2,2-3H3. The van der Waals surface area contributed by atoms with E-state index in [0.29, 0.717) is 6.42 Å². The lowest BCUT2D eigenvalue weighted by Gasteiger charge is -2.24. The molecule has 3 atom stereocenters. The summed E-state index contributed by atoms with van der Waals surface area (Å²) in [5.74, 6) is 1.80. The molecule has 0 aromatic heterocycles. The number of nitrogens with zero attached hydrogens (tertiary/aromatic N) is 1. The SMILES string of the molecule is C=CCN(C)Cc1ccc(OC)c2c1C1C=CC(O)CC1O2. The molecule has 4 heteroatoms. The molecule has 1 aromatic rings. The molecule has 118 valence electrons. The van der Waals surface area contributed by atoms with E-state index in [1.807, 2.05) is 18.2 Å². The number of likely N-dealkylation sites (N-methyl/N-ethyl adjacent to an activating group) is 1. The number of hydrogen-bond donors (Lipinski definition) is 1. The first-order valence-electron chi connectivity index (χ1n) is 7.66. The average Bonchev–Trinajstić information content (AvgIpc) is 2.86. The van der Waals surface area contributed by atoms with Crippen molar-refractivity contribution < 1.29 is 14.6 Å². The first-order chi connectivity index (χ1) is 10.6. The van der Waals surface area contributed by atoms with E-state index in [2.05, 4.69) is 30.7 Å². The van der Waals surface area contributed by atoms with Gasteiger partial charge in [-0.2, -0.15) is 0 Å². The van der Waals surface area contributed by atoms with Crippen LogP contribution in [0.2, 0.25) is 0 Å². The molecule has 3 unspecified atom stereocenters. The second kappa shape index (κ2) is 6.15. The number of aliphatic hydroxyl groups excluding tert-OH is 1. The van der Waals surface area contributed by atoms with Gasteiger partial charge in [-0.1, -0.05) is 24.3 Å². The highest BCUT2D eigenvalue weighted by atomic mass is 16.5. The lowest BCUT2D eigenvalue weighted by Crippen LogP contribution is -2.27. The van der Waals surface area contributed by atoms with Crippen LogP contribution in [0.15, 0.2) is 36.9 Å². The molecule has 1 aliphatic carbocycles. The molecule has 22 heavy (non-hydrogen) atoms. The summed E-state index contributed by atoms with van der Waals surface area (Å²) in [4.78, 5) is 2.21. The number of fused-ring (bicyclic) bond motifs is 3. The van der Waals surface area contributed by atoms with Crippen LogP contribution in [-0.4, -0.2) is 42.9 Å². The minimum Gasteiger partial charge on any atom is -0.493 e.